The van der Waals surface area contributed by atoms with E-state index in [1.54, 1.807) is 60.7 Å². The Hall–Kier alpha value is -4.88. The molecule has 0 saturated heterocycles. The van der Waals surface area contributed by atoms with Gasteiger partial charge in [-0.15, -0.1) is 0 Å². The van der Waals surface area contributed by atoms with Crippen molar-refractivity contribution in [3.05, 3.63) is 124 Å². The lowest BCUT2D eigenvalue weighted by molar-refractivity contribution is -0.120. The molecule has 39 heavy (non-hydrogen) atoms. The van der Waals surface area contributed by atoms with Gasteiger partial charge < -0.3 is 15.4 Å². The summed E-state index contributed by atoms with van der Waals surface area (Å²) in [5.74, 6) is -0.0571. The lowest BCUT2D eigenvalue weighted by atomic mass is 10.1. The van der Waals surface area contributed by atoms with Crippen molar-refractivity contribution in [3.8, 4) is 11.5 Å². The van der Waals surface area contributed by atoms with Gasteiger partial charge in [-0.2, -0.15) is 0 Å². The molecule has 7 nitrogen and oxygen atoms in total. The van der Waals surface area contributed by atoms with Gasteiger partial charge in [0.25, 0.3) is 17.7 Å². The smallest absolute Gasteiger partial charge is 0.283 e. The molecule has 0 aliphatic carbocycles. The van der Waals surface area contributed by atoms with Crippen molar-refractivity contribution in [1.82, 2.24) is 0 Å². The molecule has 0 radical (unpaired) electrons. The Morgan fingerprint density at radius 1 is 0.744 bits per heavy atom. The van der Waals surface area contributed by atoms with Gasteiger partial charge in [0.1, 0.15) is 22.2 Å². The number of anilines is 3. The molecule has 0 atom stereocenters. The fourth-order valence-electron chi connectivity index (χ4n) is 4.09. The molecule has 1 aliphatic rings. The zero-order valence-corrected chi connectivity index (χ0v) is 22.0. The highest BCUT2D eigenvalue weighted by Crippen LogP contribution is 2.33. The van der Waals surface area contributed by atoms with Gasteiger partial charge in [0.2, 0.25) is 0 Å². The van der Waals surface area contributed by atoms with Crippen LogP contribution in [0, 0.1) is 13.8 Å². The molecule has 0 fully saturated rings. The zero-order chi connectivity index (χ0) is 27.5. The normalized spacial score (nSPS) is 13.1. The lowest BCUT2D eigenvalue weighted by Gasteiger charge is -2.18. The van der Waals surface area contributed by atoms with Crippen molar-refractivity contribution in [2.24, 2.45) is 0 Å². The highest BCUT2D eigenvalue weighted by molar-refractivity contribution is 6.53. The molecule has 8 heteroatoms. The monoisotopic (exact) mass is 537 g/mol. The van der Waals surface area contributed by atoms with Gasteiger partial charge in [-0.1, -0.05) is 41.9 Å². The molecule has 1 heterocycles. The first kappa shape index (κ1) is 25.8. The van der Waals surface area contributed by atoms with Gasteiger partial charge in [-0.3, -0.25) is 14.4 Å². The molecule has 194 valence electrons. The average Bonchev–Trinajstić information content (AvgIpc) is 3.15. The molecule has 0 spiro atoms. The number of carbonyl (C=O) groups is 3. The number of imide groups is 1. The number of carbonyl (C=O) groups excluding carboxylic acids is 3. The maximum Gasteiger partial charge on any atom is 0.283 e. The molecule has 2 N–H and O–H groups in total. The van der Waals surface area contributed by atoms with Crippen molar-refractivity contribution in [3.63, 3.8) is 0 Å². The number of para-hydroxylation sites is 1. The van der Waals surface area contributed by atoms with E-state index in [9.17, 15) is 14.4 Å². The Balaban J connectivity index is 1.23. The van der Waals surface area contributed by atoms with Gasteiger partial charge >= 0.3 is 0 Å². The summed E-state index contributed by atoms with van der Waals surface area (Å²) in [6.07, 6.45) is 0. The van der Waals surface area contributed by atoms with Crippen molar-refractivity contribution in [2.75, 3.05) is 15.5 Å². The molecular formula is C31H24ClN3O4. The van der Waals surface area contributed by atoms with Crippen LogP contribution in [0.2, 0.25) is 0 Å². The Morgan fingerprint density at radius 2 is 1.38 bits per heavy atom. The van der Waals surface area contributed by atoms with E-state index < -0.39 is 11.8 Å². The van der Waals surface area contributed by atoms with Crippen molar-refractivity contribution >= 4 is 46.4 Å². The molecule has 0 unspecified atom stereocenters. The van der Waals surface area contributed by atoms with Crippen molar-refractivity contribution < 1.29 is 19.1 Å². The van der Waals surface area contributed by atoms with Crippen LogP contribution in [0.15, 0.2) is 108 Å². The predicted molar refractivity (Wildman–Crippen MR) is 152 cm³/mol. The second-order valence-electron chi connectivity index (χ2n) is 8.95. The minimum atomic E-state index is -0.589. The van der Waals surface area contributed by atoms with Gasteiger partial charge in [0, 0.05) is 16.9 Å². The first-order chi connectivity index (χ1) is 18.8. The van der Waals surface area contributed by atoms with E-state index in [1.807, 2.05) is 50.2 Å². The van der Waals surface area contributed by atoms with E-state index in [0.29, 0.717) is 28.4 Å². The average molecular weight is 538 g/mol. The summed E-state index contributed by atoms with van der Waals surface area (Å²) in [5, 5.41) is 5.59. The second kappa shape index (κ2) is 10.8. The van der Waals surface area contributed by atoms with Crippen molar-refractivity contribution in [2.45, 2.75) is 13.8 Å². The third-order valence-corrected chi connectivity index (χ3v) is 6.70. The van der Waals surface area contributed by atoms with E-state index in [0.717, 1.165) is 21.8 Å². The minimum absolute atomic E-state index is 0.0161. The van der Waals surface area contributed by atoms with Crippen molar-refractivity contribution in [1.29, 1.82) is 0 Å². The van der Waals surface area contributed by atoms with E-state index in [1.165, 1.54) is 0 Å². The number of halogens is 1. The number of hydrogen-bond acceptors (Lipinski definition) is 5. The third-order valence-electron chi connectivity index (χ3n) is 6.35. The highest BCUT2D eigenvalue weighted by atomic mass is 35.5. The molecule has 5 rings (SSSR count). The maximum atomic E-state index is 13.1. The van der Waals surface area contributed by atoms with E-state index >= 15 is 0 Å². The van der Waals surface area contributed by atoms with Crippen LogP contribution in [0.1, 0.15) is 21.5 Å². The highest BCUT2D eigenvalue weighted by Gasteiger charge is 2.39. The lowest BCUT2D eigenvalue weighted by Crippen LogP contribution is -2.33. The van der Waals surface area contributed by atoms with Gasteiger partial charge in [-0.05, 0) is 91.7 Å². The number of hydrogen-bond donors (Lipinski definition) is 2. The number of nitrogens with zero attached hydrogens (tertiary/aromatic N) is 1. The minimum Gasteiger partial charge on any atom is -0.457 e. The number of nitrogens with one attached hydrogen (secondary N) is 2. The molecule has 1 aliphatic heterocycles. The molecule has 4 aromatic rings. The first-order valence-electron chi connectivity index (χ1n) is 12.2. The Kier molecular flexibility index (Phi) is 7.17. The first-order valence-corrected chi connectivity index (χ1v) is 12.6. The summed E-state index contributed by atoms with van der Waals surface area (Å²) >= 11 is 6.27. The van der Waals surface area contributed by atoms with Gasteiger partial charge in [0.05, 0.1) is 5.69 Å². The second-order valence-corrected chi connectivity index (χ2v) is 9.33. The SMILES string of the molecule is Cc1cccc(N2C(=O)C(Cl)=C(Nc3ccc(C(=O)Nc4ccc(Oc5ccccc5)cc4)cc3)C2=O)c1C. The summed E-state index contributed by atoms with van der Waals surface area (Å²) in [5.41, 5.74) is 3.78. The fraction of sp³-hybridized carbons (Fsp3) is 0.0645. The quantitative estimate of drug-likeness (QED) is 0.254. The maximum absolute atomic E-state index is 13.1. The van der Waals surface area contributed by atoms with Crippen LogP contribution in [-0.2, 0) is 9.59 Å². The van der Waals surface area contributed by atoms with Crippen LogP contribution >= 0.6 is 11.6 Å². The Bertz CT molecular complexity index is 1600. The van der Waals surface area contributed by atoms with Crippen LogP contribution < -0.4 is 20.3 Å². The topological polar surface area (TPSA) is 87.7 Å². The summed E-state index contributed by atoms with van der Waals surface area (Å²) in [6.45, 7) is 3.76. The number of ether oxygens (including phenoxy) is 1. The molecule has 0 bridgehead atoms. The Labute approximate surface area is 230 Å². The molecule has 4 aromatic carbocycles. The van der Waals surface area contributed by atoms with Crippen LogP contribution in [0.25, 0.3) is 0 Å². The third kappa shape index (κ3) is 5.39. The fourth-order valence-corrected chi connectivity index (χ4v) is 4.30. The van der Waals surface area contributed by atoms with E-state index in [-0.39, 0.29) is 16.6 Å². The molecular weight excluding hydrogens is 514 g/mol. The largest absolute Gasteiger partial charge is 0.457 e. The standard InChI is InChI=1S/C31H24ClN3O4/c1-19-7-6-10-26(20(19)2)35-30(37)27(32)28(31(35)38)33-22-13-11-21(12-14-22)29(36)34-23-15-17-25(18-16-23)39-24-8-4-3-5-9-24/h3-18,33H,1-2H3,(H,34,36). The van der Waals surface area contributed by atoms with Gasteiger partial charge in [0.15, 0.2) is 0 Å². The van der Waals surface area contributed by atoms with Crippen LogP contribution in [0.4, 0.5) is 17.1 Å². The van der Waals surface area contributed by atoms with Gasteiger partial charge in [-0.25, -0.2) is 4.90 Å². The van der Waals surface area contributed by atoms with E-state index in [4.69, 9.17) is 16.3 Å². The number of amides is 3. The summed E-state index contributed by atoms with van der Waals surface area (Å²) < 4.78 is 5.77. The zero-order valence-electron chi connectivity index (χ0n) is 21.2. The van der Waals surface area contributed by atoms with E-state index in [2.05, 4.69) is 10.6 Å². The molecule has 0 saturated carbocycles. The Morgan fingerprint density at radius 3 is 2.08 bits per heavy atom. The van der Waals surface area contributed by atoms with Crippen LogP contribution in [0.5, 0.6) is 11.5 Å². The van der Waals surface area contributed by atoms with Crippen LogP contribution in [-0.4, -0.2) is 17.7 Å². The number of aryl methyl sites for hydroxylation is 1. The summed E-state index contributed by atoms with van der Waals surface area (Å²) in [6, 6.07) is 28.4. The summed E-state index contributed by atoms with van der Waals surface area (Å²) in [4.78, 5) is 39.8. The van der Waals surface area contributed by atoms with Crippen LogP contribution in [0.3, 0.4) is 0 Å². The number of rotatable bonds is 7. The summed E-state index contributed by atoms with van der Waals surface area (Å²) in [7, 11) is 0. The predicted octanol–water partition coefficient (Wildman–Crippen LogP) is 6.78. The number of benzene rings is 4. The molecule has 0 aromatic heterocycles. The molecule has 3 amide bonds.